The molecule has 2 aromatic rings. The molecule has 0 atom stereocenters. The van der Waals surface area contributed by atoms with Crippen LogP contribution in [0.3, 0.4) is 0 Å². The van der Waals surface area contributed by atoms with Crippen molar-refractivity contribution >= 4 is 27.3 Å². The molecule has 3 nitrogen and oxygen atoms in total. The zero-order valence-electron chi connectivity index (χ0n) is 8.39. The van der Waals surface area contributed by atoms with E-state index in [4.69, 9.17) is 4.74 Å². The van der Waals surface area contributed by atoms with Gasteiger partial charge in [-0.3, -0.25) is 0 Å². The van der Waals surface area contributed by atoms with Gasteiger partial charge in [0.25, 0.3) is 0 Å². The fourth-order valence-electron chi connectivity index (χ4n) is 1.34. The molecule has 2 heterocycles. The Morgan fingerprint density at radius 1 is 1.38 bits per heavy atom. The molecule has 3 rings (SSSR count). The number of ether oxygens (including phenoxy) is 1. The van der Waals surface area contributed by atoms with E-state index in [1.165, 1.54) is 0 Å². The van der Waals surface area contributed by atoms with Gasteiger partial charge in [-0.1, -0.05) is 0 Å². The average Bonchev–Trinajstić information content (AvgIpc) is 2.94. The summed E-state index contributed by atoms with van der Waals surface area (Å²) in [6, 6.07) is 2.00. The summed E-state index contributed by atoms with van der Waals surface area (Å²) < 4.78 is 6.55. The van der Waals surface area contributed by atoms with Gasteiger partial charge in [-0.05, 0) is 34.8 Å². The van der Waals surface area contributed by atoms with Crippen molar-refractivity contribution in [1.82, 2.24) is 9.97 Å². The highest BCUT2D eigenvalue weighted by atomic mass is 79.9. The lowest BCUT2D eigenvalue weighted by Crippen LogP contribution is -1.99. The summed E-state index contributed by atoms with van der Waals surface area (Å²) in [6.07, 6.45) is 6.25. The summed E-state index contributed by atoms with van der Waals surface area (Å²) >= 11 is 5.08. The Bertz CT molecular complexity index is 497. The van der Waals surface area contributed by atoms with Gasteiger partial charge >= 0.3 is 0 Å². The van der Waals surface area contributed by atoms with Gasteiger partial charge in [-0.2, -0.15) is 0 Å². The molecular weight excluding hydrogens is 288 g/mol. The normalized spacial score (nSPS) is 15.1. The first kappa shape index (κ1) is 10.2. The summed E-state index contributed by atoms with van der Waals surface area (Å²) in [4.78, 5) is 8.56. The van der Waals surface area contributed by atoms with Crippen LogP contribution in [0, 0.1) is 0 Å². The van der Waals surface area contributed by atoms with Crippen LogP contribution in [0.25, 0.3) is 10.6 Å². The molecule has 0 spiro atoms. The predicted octanol–water partition coefficient (Wildman–Crippen LogP) is 3.51. The maximum atomic E-state index is 5.65. The fraction of sp³-hybridized carbons (Fsp3) is 0.273. The lowest BCUT2D eigenvalue weighted by Gasteiger charge is -2.06. The van der Waals surface area contributed by atoms with E-state index in [1.807, 2.05) is 11.4 Å². The number of thiazole rings is 1. The van der Waals surface area contributed by atoms with Gasteiger partial charge in [0.1, 0.15) is 11.1 Å². The lowest BCUT2D eigenvalue weighted by molar-refractivity contribution is 0.289. The SMILES string of the molecule is Brc1cc(-c2nccs2)cnc1OC1CC1. The number of rotatable bonds is 3. The third kappa shape index (κ3) is 2.10. The van der Waals surface area contributed by atoms with Crippen LogP contribution in [0.4, 0.5) is 0 Å². The number of hydrogen-bond donors (Lipinski definition) is 0. The molecule has 5 heteroatoms. The fourth-order valence-corrected chi connectivity index (χ4v) is 2.40. The molecule has 0 radical (unpaired) electrons. The van der Waals surface area contributed by atoms with E-state index in [9.17, 15) is 0 Å². The first-order valence-electron chi connectivity index (χ1n) is 5.05. The van der Waals surface area contributed by atoms with Crippen molar-refractivity contribution in [3.05, 3.63) is 28.3 Å². The van der Waals surface area contributed by atoms with Crippen molar-refractivity contribution in [2.24, 2.45) is 0 Å². The van der Waals surface area contributed by atoms with E-state index < -0.39 is 0 Å². The summed E-state index contributed by atoms with van der Waals surface area (Å²) in [7, 11) is 0. The Kier molecular flexibility index (Phi) is 2.65. The third-order valence-electron chi connectivity index (χ3n) is 2.29. The zero-order valence-corrected chi connectivity index (χ0v) is 10.8. The quantitative estimate of drug-likeness (QED) is 0.869. The van der Waals surface area contributed by atoms with E-state index in [1.54, 1.807) is 23.7 Å². The molecular formula is C11H9BrN2OS. The van der Waals surface area contributed by atoms with Crippen LogP contribution in [0.5, 0.6) is 5.88 Å². The summed E-state index contributed by atoms with van der Waals surface area (Å²) in [5.74, 6) is 0.683. The highest BCUT2D eigenvalue weighted by Gasteiger charge is 2.25. The molecule has 0 amide bonds. The molecule has 1 aliphatic carbocycles. The van der Waals surface area contributed by atoms with Crippen LogP contribution in [-0.2, 0) is 0 Å². The standard InChI is InChI=1S/C11H9BrN2OS/c12-9-5-7(11-13-3-4-16-11)6-14-10(9)15-8-1-2-8/h3-6,8H,1-2H2. The molecule has 0 N–H and O–H groups in total. The minimum absolute atomic E-state index is 0.370. The summed E-state index contributed by atoms with van der Waals surface area (Å²) in [6.45, 7) is 0. The Balaban J connectivity index is 1.89. The van der Waals surface area contributed by atoms with E-state index in [0.717, 1.165) is 27.9 Å². The van der Waals surface area contributed by atoms with Gasteiger partial charge in [0.05, 0.1) is 4.47 Å². The van der Waals surface area contributed by atoms with Crippen LogP contribution in [0.15, 0.2) is 28.3 Å². The molecule has 1 fully saturated rings. The topological polar surface area (TPSA) is 35.0 Å². The second-order valence-electron chi connectivity index (χ2n) is 3.67. The van der Waals surface area contributed by atoms with Crippen LogP contribution < -0.4 is 4.74 Å². The Hall–Kier alpha value is -0.940. The molecule has 0 bridgehead atoms. The van der Waals surface area contributed by atoms with Gasteiger partial charge < -0.3 is 4.74 Å². The second kappa shape index (κ2) is 4.14. The maximum Gasteiger partial charge on any atom is 0.228 e. The Labute approximate surface area is 106 Å². The Morgan fingerprint density at radius 2 is 2.25 bits per heavy atom. The minimum atomic E-state index is 0.370. The van der Waals surface area contributed by atoms with E-state index in [2.05, 4.69) is 25.9 Å². The van der Waals surface area contributed by atoms with E-state index in [0.29, 0.717) is 12.0 Å². The van der Waals surface area contributed by atoms with Gasteiger partial charge in [-0.25, -0.2) is 9.97 Å². The van der Waals surface area contributed by atoms with Crippen LogP contribution in [0.1, 0.15) is 12.8 Å². The Morgan fingerprint density at radius 3 is 2.88 bits per heavy atom. The van der Waals surface area contributed by atoms with Crippen LogP contribution in [-0.4, -0.2) is 16.1 Å². The van der Waals surface area contributed by atoms with Crippen LogP contribution >= 0.6 is 27.3 Å². The van der Waals surface area contributed by atoms with E-state index in [-0.39, 0.29) is 0 Å². The third-order valence-corrected chi connectivity index (χ3v) is 3.68. The van der Waals surface area contributed by atoms with E-state index >= 15 is 0 Å². The van der Waals surface area contributed by atoms with Gasteiger partial charge in [0.2, 0.25) is 5.88 Å². The summed E-state index contributed by atoms with van der Waals surface area (Å²) in [5.41, 5.74) is 1.02. The predicted molar refractivity (Wildman–Crippen MR) is 66.7 cm³/mol. The molecule has 16 heavy (non-hydrogen) atoms. The molecule has 0 unspecified atom stereocenters. The van der Waals surface area contributed by atoms with Crippen molar-refractivity contribution in [1.29, 1.82) is 0 Å². The molecule has 2 aromatic heterocycles. The highest BCUT2D eigenvalue weighted by molar-refractivity contribution is 9.10. The smallest absolute Gasteiger partial charge is 0.228 e. The molecule has 0 saturated heterocycles. The number of aromatic nitrogens is 2. The van der Waals surface area contributed by atoms with Gasteiger partial charge in [0, 0.05) is 23.3 Å². The van der Waals surface area contributed by atoms with Crippen molar-refractivity contribution in [3.8, 4) is 16.5 Å². The first-order chi connectivity index (χ1) is 7.83. The molecule has 1 saturated carbocycles. The van der Waals surface area contributed by atoms with Gasteiger partial charge in [0.15, 0.2) is 0 Å². The maximum absolute atomic E-state index is 5.65. The molecule has 1 aliphatic rings. The van der Waals surface area contributed by atoms with Crippen LogP contribution in [0.2, 0.25) is 0 Å². The first-order valence-corrected chi connectivity index (χ1v) is 6.72. The summed E-state index contributed by atoms with van der Waals surface area (Å²) in [5, 5.41) is 2.93. The largest absolute Gasteiger partial charge is 0.474 e. The second-order valence-corrected chi connectivity index (χ2v) is 5.41. The van der Waals surface area contributed by atoms with Crippen molar-refractivity contribution in [3.63, 3.8) is 0 Å². The number of halogens is 1. The molecule has 82 valence electrons. The van der Waals surface area contributed by atoms with Gasteiger partial charge in [-0.15, -0.1) is 11.3 Å². The molecule has 0 aromatic carbocycles. The molecule has 0 aliphatic heterocycles. The van der Waals surface area contributed by atoms with Crippen molar-refractivity contribution in [2.45, 2.75) is 18.9 Å². The highest BCUT2D eigenvalue weighted by Crippen LogP contribution is 2.33. The number of hydrogen-bond acceptors (Lipinski definition) is 4. The number of pyridine rings is 1. The minimum Gasteiger partial charge on any atom is -0.474 e. The number of nitrogens with zero attached hydrogens (tertiary/aromatic N) is 2. The zero-order chi connectivity index (χ0) is 11.0. The van der Waals surface area contributed by atoms with Crippen molar-refractivity contribution < 1.29 is 4.74 Å². The lowest BCUT2D eigenvalue weighted by atomic mass is 10.3. The monoisotopic (exact) mass is 296 g/mol. The van der Waals surface area contributed by atoms with Crippen molar-refractivity contribution in [2.75, 3.05) is 0 Å². The average molecular weight is 297 g/mol.